The molecule has 0 atom stereocenters. The molecule has 0 unspecified atom stereocenters. The predicted octanol–water partition coefficient (Wildman–Crippen LogP) is 1.00. The number of carbonyl (C=O) groups excluding carboxylic acids is 1. The van der Waals surface area contributed by atoms with Crippen molar-refractivity contribution in [3.63, 3.8) is 0 Å². The lowest BCUT2D eigenvalue weighted by atomic mass is 10.2. The molecule has 2 aromatic rings. The van der Waals surface area contributed by atoms with Crippen LogP contribution in [0.5, 0.6) is 0 Å². The molecule has 0 aliphatic carbocycles. The van der Waals surface area contributed by atoms with Gasteiger partial charge in [-0.05, 0) is 18.6 Å². The van der Waals surface area contributed by atoms with E-state index < -0.39 is 0 Å². The minimum Gasteiger partial charge on any atom is -0.354 e. The van der Waals surface area contributed by atoms with Gasteiger partial charge in [0.1, 0.15) is 6.33 Å². The van der Waals surface area contributed by atoms with Crippen molar-refractivity contribution in [1.82, 2.24) is 14.7 Å². The number of carbonyl (C=O) groups is 1. The van der Waals surface area contributed by atoms with Crippen molar-refractivity contribution >= 4 is 11.4 Å². The molecule has 1 N–H and O–H groups in total. The van der Waals surface area contributed by atoms with Crippen molar-refractivity contribution in [3.05, 3.63) is 35.9 Å². The normalized spacial score (nSPS) is 10.4. The van der Waals surface area contributed by atoms with E-state index in [1.807, 2.05) is 29.7 Å². The number of hydrogen-bond donors (Lipinski definition) is 1. The van der Waals surface area contributed by atoms with Gasteiger partial charge in [0.15, 0.2) is 5.69 Å². The summed E-state index contributed by atoms with van der Waals surface area (Å²) in [6, 6.07) is 3.86. The monoisotopic (exact) mass is 189 g/mol. The smallest absolute Gasteiger partial charge is 0.271 e. The Hall–Kier alpha value is -1.84. The third-order valence-corrected chi connectivity index (χ3v) is 2.12. The first kappa shape index (κ1) is 8.74. The first-order chi connectivity index (χ1) is 6.72. The molecular weight excluding hydrogens is 178 g/mol. The molecule has 0 fully saturated rings. The number of rotatable bonds is 1. The van der Waals surface area contributed by atoms with Crippen LogP contribution in [0.25, 0.3) is 5.52 Å². The standard InChI is InChI=1S/C10H11N3O/c1-7-3-4-8-9(10(14)11-2)12-6-13(8)5-7/h3-6H,1-2H3,(H,11,14). The number of nitrogens with one attached hydrogen (secondary N) is 1. The topological polar surface area (TPSA) is 46.4 Å². The lowest BCUT2D eigenvalue weighted by Crippen LogP contribution is -2.18. The lowest BCUT2D eigenvalue weighted by molar-refractivity contribution is 0.0960. The molecule has 0 aliphatic rings. The molecule has 0 saturated carbocycles. The Kier molecular flexibility index (Phi) is 1.96. The molecule has 1 amide bonds. The molecule has 4 heteroatoms. The molecule has 2 heterocycles. The Labute approximate surface area is 81.6 Å². The third kappa shape index (κ3) is 1.25. The SMILES string of the molecule is CNC(=O)c1ncn2cc(C)ccc12. The van der Waals surface area contributed by atoms with Gasteiger partial charge in [-0.3, -0.25) is 4.79 Å². The van der Waals surface area contributed by atoms with Gasteiger partial charge in [0.05, 0.1) is 5.52 Å². The summed E-state index contributed by atoms with van der Waals surface area (Å²) in [4.78, 5) is 15.4. The Morgan fingerprint density at radius 1 is 1.50 bits per heavy atom. The number of aryl methyl sites for hydroxylation is 1. The van der Waals surface area contributed by atoms with Crippen LogP contribution in [0.15, 0.2) is 24.7 Å². The molecule has 0 spiro atoms. The fourth-order valence-corrected chi connectivity index (χ4v) is 1.40. The first-order valence-corrected chi connectivity index (χ1v) is 4.38. The lowest BCUT2D eigenvalue weighted by Gasteiger charge is -1.98. The maximum atomic E-state index is 11.4. The summed E-state index contributed by atoms with van der Waals surface area (Å²) in [6.45, 7) is 2.00. The van der Waals surface area contributed by atoms with E-state index in [0.29, 0.717) is 5.69 Å². The van der Waals surface area contributed by atoms with E-state index in [2.05, 4.69) is 10.3 Å². The van der Waals surface area contributed by atoms with Crippen molar-refractivity contribution in [2.45, 2.75) is 6.92 Å². The zero-order valence-electron chi connectivity index (χ0n) is 8.11. The Balaban J connectivity index is 2.64. The number of amides is 1. The Morgan fingerprint density at radius 3 is 3.00 bits per heavy atom. The van der Waals surface area contributed by atoms with E-state index in [0.717, 1.165) is 11.1 Å². The molecule has 72 valence electrons. The van der Waals surface area contributed by atoms with Gasteiger partial charge in [-0.15, -0.1) is 0 Å². The second-order valence-corrected chi connectivity index (χ2v) is 3.17. The highest BCUT2D eigenvalue weighted by Gasteiger charge is 2.10. The molecule has 0 aromatic carbocycles. The molecule has 2 rings (SSSR count). The van der Waals surface area contributed by atoms with Gasteiger partial charge in [-0.25, -0.2) is 4.98 Å². The molecular formula is C10H11N3O. The predicted molar refractivity (Wildman–Crippen MR) is 53.3 cm³/mol. The molecule has 0 radical (unpaired) electrons. The number of imidazole rings is 1. The van der Waals surface area contributed by atoms with Crippen LogP contribution in [0.4, 0.5) is 0 Å². The molecule has 0 saturated heterocycles. The van der Waals surface area contributed by atoms with Gasteiger partial charge in [-0.2, -0.15) is 0 Å². The summed E-state index contributed by atoms with van der Waals surface area (Å²) < 4.78 is 1.85. The van der Waals surface area contributed by atoms with Gasteiger partial charge in [0, 0.05) is 13.2 Å². The largest absolute Gasteiger partial charge is 0.354 e. The number of hydrogen-bond acceptors (Lipinski definition) is 2. The van der Waals surface area contributed by atoms with Crippen LogP contribution in [0.1, 0.15) is 16.1 Å². The Bertz CT molecular complexity index is 487. The average molecular weight is 189 g/mol. The van der Waals surface area contributed by atoms with Crippen LogP contribution in [0, 0.1) is 6.92 Å². The first-order valence-electron chi connectivity index (χ1n) is 4.38. The average Bonchev–Trinajstić information content (AvgIpc) is 2.59. The van der Waals surface area contributed by atoms with E-state index in [-0.39, 0.29) is 5.91 Å². The number of nitrogens with zero attached hydrogens (tertiary/aromatic N) is 2. The maximum absolute atomic E-state index is 11.4. The van der Waals surface area contributed by atoms with E-state index in [9.17, 15) is 4.79 Å². The van der Waals surface area contributed by atoms with Crippen LogP contribution in [0.3, 0.4) is 0 Å². The molecule has 14 heavy (non-hydrogen) atoms. The summed E-state index contributed by atoms with van der Waals surface area (Å²) in [7, 11) is 1.60. The number of pyridine rings is 1. The summed E-state index contributed by atoms with van der Waals surface area (Å²) >= 11 is 0. The maximum Gasteiger partial charge on any atom is 0.271 e. The van der Waals surface area contributed by atoms with Crippen LogP contribution in [0.2, 0.25) is 0 Å². The van der Waals surface area contributed by atoms with Gasteiger partial charge in [0.25, 0.3) is 5.91 Å². The van der Waals surface area contributed by atoms with Crippen molar-refractivity contribution in [1.29, 1.82) is 0 Å². The fraction of sp³-hybridized carbons (Fsp3) is 0.200. The second kappa shape index (κ2) is 3.14. The third-order valence-electron chi connectivity index (χ3n) is 2.12. The molecule has 0 bridgehead atoms. The van der Waals surface area contributed by atoms with Crippen molar-refractivity contribution in [2.24, 2.45) is 0 Å². The van der Waals surface area contributed by atoms with E-state index in [1.165, 1.54) is 0 Å². The Morgan fingerprint density at radius 2 is 2.29 bits per heavy atom. The summed E-state index contributed by atoms with van der Waals surface area (Å²) in [6.07, 6.45) is 3.58. The highest BCUT2D eigenvalue weighted by atomic mass is 16.1. The molecule has 0 aliphatic heterocycles. The second-order valence-electron chi connectivity index (χ2n) is 3.17. The summed E-state index contributed by atoms with van der Waals surface area (Å²) in [5.74, 6) is -0.156. The molecule has 2 aromatic heterocycles. The van der Waals surface area contributed by atoms with Crippen molar-refractivity contribution in [3.8, 4) is 0 Å². The van der Waals surface area contributed by atoms with Gasteiger partial charge < -0.3 is 9.72 Å². The highest BCUT2D eigenvalue weighted by molar-refractivity contribution is 5.98. The van der Waals surface area contributed by atoms with E-state index in [1.54, 1.807) is 13.4 Å². The minimum atomic E-state index is -0.156. The van der Waals surface area contributed by atoms with Crippen molar-refractivity contribution < 1.29 is 4.79 Å². The number of fused-ring (bicyclic) bond motifs is 1. The minimum absolute atomic E-state index is 0.156. The van der Waals surface area contributed by atoms with Gasteiger partial charge >= 0.3 is 0 Å². The van der Waals surface area contributed by atoms with Gasteiger partial charge in [-0.1, -0.05) is 6.07 Å². The summed E-state index contributed by atoms with van der Waals surface area (Å²) in [5.41, 5.74) is 2.43. The van der Waals surface area contributed by atoms with Crippen LogP contribution in [-0.4, -0.2) is 22.3 Å². The molecule has 4 nitrogen and oxygen atoms in total. The quantitative estimate of drug-likeness (QED) is 0.727. The van der Waals surface area contributed by atoms with E-state index >= 15 is 0 Å². The zero-order chi connectivity index (χ0) is 10.1. The number of aromatic nitrogens is 2. The van der Waals surface area contributed by atoms with Crippen LogP contribution in [-0.2, 0) is 0 Å². The zero-order valence-corrected chi connectivity index (χ0v) is 8.11. The highest BCUT2D eigenvalue weighted by Crippen LogP contribution is 2.10. The van der Waals surface area contributed by atoms with Crippen molar-refractivity contribution in [2.75, 3.05) is 7.05 Å². The summed E-state index contributed by atoms with van der Waals surface area (Å²) in [5, 5.41) is 2.56. The van der Waals surface area contributed by atoms with Crippen LogP contribution < -0.4 is 5.32 Å². The van der Waals surface area contributed by atoms with Gasteiger partial charge in [0.2, 0.25) is 0 Å². The fourth-order valence-electron chi connectivity index (χ4n) is 1.40. The van der Waals surface area contributed by atoms with Crippen LogP contribution >= 0.6 is 0 Å². The van der Waals surface area contributed by atoms with E-state index in [4.69, 9.17) is 0 Å².